The SMILES string of the molecule is CNCc1c(Cl)ccc(S(=O)(=O)NC2CC(C)C2)c1Cl. The summed E-state index contributed by atoms with van der Waals surface area (Å²) in [6, 6.07) is 3.03. The third kappa shape index (κ3) is 3.28. The molecule has 0 aliphatic heterocycles. The van der Waals surface area contributed by atoms with Crippen molar-refractivity contribution >= 4 is 33.2 Å². The van der Waals surface area contributed by atoms with E-state index in [4.69, 9.17) is 23.2 Å². The topological polar surface area (TPSA) is 58.2 Å². The van der Waals surface area contributed by atoms with Crippen molar-refractivity contribution in [3.63, 3.8) is 0 Å². The van der Waals surface area contributed by atoms with Gasteiger partial charge in [-0.15, -0.1) is 0 Å². The molecule has 0 heterocycles. The molecule has 1 aromatic carbocycles. The van der Waals surface area contributed by atoms with E-state index in [9.17, 15) is 8.42 Å². The van der Waals surface area contributed by atoms with Gasteiger partial charge >= 0.3 is 0 Å². The van der Waals surface area contributed by atoms with Crippen LogP contribution in [0.1, 0.15) is 25.3 Å². The number of rotatable bonds is 5. The quantitative estimate of drug-likeness (QED) is 0.869. The van der Waals surface area contributed by atoms with Crippen molar-refractivity contribution in [3.8, 4) is 0 Å². The molecule has 2 N–H and O–H groups in total. The zero-order chi connectivity index (χ0) is 14.9. The number of hydrogen-bond donors (Lipinski definition) is 2. The predicted octanol–water partition coefficient (Wildman–Crippen LogP) is 2.79. The van der Waals surface area contributed by atoms with Gasteiger partial charge < -0.3 is 5.32 Å². The summed E-state index contributed by atoms with van der Waals surface area (Å²) in [6.07, 6.45) is 1.74. The second kappa shape index (κ2) is 6.20. The Morgan fingerprint density at radius 3 is 2.50 bits per heavy atom. The lowest BCUT2D eigenvalue weighted by atomic mass is 9.83. The Labute approximate surface area is 129 Å². The van der Waals surface area contributed by atoms with E-state index in [0.717, 1.165) is 12.8 Å². The standard InChI is InChI=1S/C13H18Cl2N2O2S/c1-8-5-9(6-8)17-20(18,19)12-4-3-11(14)10(7-16-2)13(12)15/h3-4,8-9,16-17H,5-7H2,1-2H3. The smallest absolute Gasteiger partial charge is 0.242 e. The van der Waals surface area contributed by atoms with E-state index in [1.165, 1.54) is 6.07 Å². The Hall–Kier alpha value is -0.330. The Morgan fingerprint density at radius 2 is 1.95 bits per heavy atom. The third-order valence-electron chi connectivity index (χ3n) is 3.49. The van der Waals surface area contributed by atoms with E-state index in [-0.39, 0.29) is 16.0 Å². The number of benzene rings is 1. The number of nitrogens with one attached hydrogen (secondary N) is 2. The van der Waals surface area contributed by atoms with Crippen LogP contribution in [0, 0.1) is 5.92 Å². The van der Waals surface area contributed by atoms with Gasteiger partial charge in [-0.25, -0.2) is 13.1 Å². The summed E-state index contributed by atoms with van der Waals surface area (Å²) < 4.78 is 27.4. The van der Waals surface area contributed by atoms with Gasteiger partial charge in [-0.3, -0.25) is 0 Å². The normalized spacial score (nSPS) is 22.6. The molecule has 7 heteroatoms. The lowest BCUT2D eigenvalue weighted by molar-refractivity contribution is 0.270. The van der Waals surface area contributed by atoms with Crippen LogP contribution in [0.4, 0.5) is 0 Å². The fraction of sp³-hybridized carbons (Fsp3) is 0.538. The molecule has 20 heavy (non-hydrogen) atoms. The van der Waals surface area contributed by atoms with E-state index in [1.54, 1.807) is 13.1 Å². The summed E-state index contributed by atoms with van der Waals surface area (Å²) in [7, 11) is -1.85. The minimum Gasteiger partial charge on any atom is -0.316 e. The van der Waals surface area contributed by atoms with Crippen molar-refractivity contribution in [2.45, 2.75) is 37.2 Å². The lowest BCUT2D eigenvalue weighted by Gasteiger charge is -2.33. The summed E-state index contributed by atoms with van der Waals surface area (Å²) in [4.78, 5) is 0.0911. The fourth-order valence-corrected chi connectivity index (χ4v) is 4.58. The highest BCUT2D eigenvalue weighted by molar-refractivity contribution is 7.89. The molecule has 1 fully saturated rings. The highest BCUT2D eigenvalue weighted by atomic mass is 35.5. The van der Waals surface area contributed by atoms with Gasteiger partial charge in [0.1, 0.15) is 4.90 Å². The first kappa shape index (κ1) is 16.0. The van der Waals surface area contributed by atoms with Gasteiger partial charge in [0.15, 0.2) is 0 Å². The van der Waals surface area contributed by atoms with Crippen molar-refractivity contribution in [1.29, 1.82) is 0 Å². The predicted molar refractivity (Wildman–Crippen MR) is 81.7 cm³/mol. The number of hydrogen-bond acceptors (Lipinski definition) is 3. The average Bonchev–Trinajstić information content (AvgIpc) is 2.32. The van der Waals surface area contributed by atoms with Crippen molar-refractivity contribution < 1.29 is 8.42 Å². The van der Waals surface area contributed by atoms with Crippen molar-refractivity contribution in [2.24, 2.45) is 5.92 Å². The molecule has 0 aromatic heterocycles. The van der Waals surface area contributed by atoms with E-state index in [1.807, 2.05) is 0 Å². The van der Waals surface area contributed by atoms with Crippen LogP contribution in [0.3, 0.4) is 0 Å². The Balaban J connectivity index is 2.29. The summed E-state index contributed by atoms with van der Waals surface area (Å²) in [5.41, 5.74) is 0.598. The summed E-state index contributed by atoms with van der Waals surface area (Å²) >= 11 is 12.3. The van der Waals surface area contributed by atoms with E-state index in [0.29, 0.717) is 23.0 Å². The molecule has 1 saturated carbocycles. The fourth-order valence-electron chi connectivity index (χ4n) is 2.40. The second-order valence-electron chi connectivity index (χ2n) is 5.26. The summed E-state index contributed by atoms with van der Waals surface area (Å²) in [5.74, 6) is 0.572. The first-order chi connectivity index (χ1) is 9.35. The van der Waals surface area contributed by atoms with Crippen molar-refractivity contribution in [3.05, 3.63) is 27.7 Å². The van der Waals surface area contributed by atoms with Crippen LogP contribution in [-0.4, -0.2) is 21.5 Å². The Morgan fingerprint density at radius 1 is 1.30 bits per heavy atom. The Kier molecular flexibility index (Phi) is 4.97. The molecule has 1 aromatic rings. The largest absolute Gasteiger partial charge is 0.316 e. The van der Waals surface area contributed by atoms with Gasteiger partial charge in [0, 0.05) is 23.2 Å². The molecule has 0 amide bonds. The summed E-state index contributed by atoms with van der Waals surface area (Å²) in [6.45, 7) is 2.52. The van der Waals surface area contributed by atoms with Gasteiger partial charge in [-0.05, 0) is 37.9 Å². The average molecular weight is 337 g/mol. The highest BCUT2D eigenvalue weighted by Crippen LogP contribution is 2.33. The van der Waals surface area contributed by atoms with Gasteiger partial charge in [0.2, 0.25) is 10.0 Å². The molecule has 0 atom stereocenters. The maximum atomic E-state index is 12.4. The monoisotopic (exact) mass is 336 g/mol. The molecule has 0 saturated heterocycles. The zero-order valence-electron chi connectivity index (χ0n) is 11.4. The Bertz CT molecular complexity index is 599. The first-order valence-corrected chi connectivity index (χ1v) is 8.73. The molecule has 0 unspecified atom stereocenters. The van der Waals surface area contributed by atoms with Crippen LogP contribution in [0.5, 0.6) is 0 Å². The van der Waals surface area contributed by atoms with Gasteiger partial charge in [-0.2, -0.15) is 0 Å². The van der Waals surface area contributed by atoms with Crippen LogP contribution in [0.2, 0.25) is 10.0 Å². The molecule has 1 aliphatic carbocycles. The second-order valence-corrected chi connectivity index (χ2v) is 7.73. The number of halogens is 2. The molecule has 4 nitrogen and oxygen atoms in total. The molecule has 2 rings (SSSR count). The maximum Gasteiger partial charge on any atom is 0.242 e. The lowest BCUT2D eigenvalue weighted by Crippen LogP contribution is -2.43. The van der Waals surface area contributed by atoms with Crippen LogP contribution in [-0.2, 0) is 16.6 Å². The minimum atomic E-state index is -3.60. The minimum absolute atomic E-state index is 0.00879. The van der Waals surface area contributed by atoms with Crippen LogP contribution in [0.25, 0.3) is 0 Å². The van der Waals surface area contributed by atoms with Crippen LogP contribution >= 0.6 is 23.2 Å². The van der Waals surface area contributed by atoms with Gasteiger partial charge in [0.05, 0.1) is 5.02 Å². The maximum absolute atomic E-state index is 12.4. The molecule has 112 valence electrons. The van der Waals surface area contributed by atoms with Crippen molar-refractivity contribution in [2.75, 3.05) is 7.05 Å². The first-order valence-electron chi connectivity index (χ1n) is 6.49. The van der Waals surface area contributed by atoms with Crippen molar-refractivity contribution in [1.82, 2.24) is 10.0 Å². The van der Waals surface area contributed by atoms with Gasteiger partial charge in [-0.1, -0.05) is 30.1 Å². The third-order valence-corrected chi connectivity index (χ3v) is 5.95. The molecule has 0 radical (unpaired) electrons. The molecule has 1 aliphatic rings. The van der Waals surface area contributed by atoms with Crippen LogP contribution < -0.4 is 10.0 Å². The van der Waals surface area contributed by atoms with Crippen LogP contribution in [0.15, 0.2) is 17.0 Å². The summed E-state index contributed by atoms with van der Waals surface area (Å²) in [5, 5.41) is 3.57. The van der Waals surface area contributed by atoms with E-state index < -0.39 is 10.0 Å². The molecular weight excluding hydrogens is 319 g/mol. The molecule has 0 bridgehead atoms. The zero-order valence-corrected chi connectivity index (χ0v) is 13.7. The highest BCUT2D eigenvalue weighted by Gasteiger charge is 2.31. The van der Waals surface area contributed by atoms with E-state index >= 15 is 0 Å². The number of sulfonamides is 1. The van der Waals surface area contributed by atoms with Gasteiger partial charge in [0.25, 0.3) is 0 Å². The van der Waals surface area contributed by atoms with E-state index in [2.05, 4.69) is 17.0 Å². The molecule has 0 spiro atoms. The molecular formula is C13H18Cl2N2O2S.